The lowest BCUT2D eigenvalue weighted by Gasteiger charge is -2.04. The fourth-order valence-corrected chi connectivity index (χ4v) is 1.51. The molecule has 168 valence electrons. The third kappa shape index (κ3) is 46.0. The van der Waals surface area contributed by atoms with Crippen LogP contribution in [0.5, 0.6) is 0 Å². The Labute approximate surface area is 163 Å². The molecule has 0 bridgehead atoms. The maximum Gasteiger partial charge on any atom is 0.397 e. The zero-order valence-electron chi connectivity index (χ0n) is 16.8. The molecular weight excluding hydrogens is 384 g/mol. The highest BCUT2D eigenvalue weighted by Crippen LogP contribution is 1.91. The highest BCUT2D eigenvalue weighted by molar-refractivity contribution is 7.80. The molecule has 0 atom stereocenters. The molecule has 0 aliphatic carbocycles. The third-order valence-electron chi connectivity index (χ3n) is 2.35. The molecule has 0 spiro atoms. The van der Waals surface area contributed by atoms with Gasteiger partial charge in [-0.05, 0) is 20.3 Å². The maximum atomic E-state index is 9.84. The van der Waals surface area contributed by atoms with Crippen LogP contribution >= 0.6 is 0 Å². The second kappa shape index (κ2) is 27.8. The van der Waals surface area contributed by atoms with Crippen molar-refractivity contribution in [1.29, 1.82) is 0 Å². The lowest BCUT2D eigenvalue weighted by atomic mass is 10.4. The van der Waals surface area contributed by atoms with Gasteiger partial charge in [0, 0.05) is 13.2 Å². The largest absolute Gasteiger partial charge is 0.397 e. The van der Waals surface area contributed by atoms with Gasteiger partial charge in [-0.25, -0.2) is 4.18 Å². The van der Waals surface area contributed by atoms with Crippen molar-refractivity contribution < 1.29 is 46.3 Å². The lowest BCUT2D eigenvalue weighted by molar-refractivity contribution is 0.00230. The number of aliphatic hydroxyl groups is 2. The van der Waals surface area contributed by atoms with Gasteiger partial charge in [-0.15, -0.1) is 0 Å². The predicted octanol–water partition coefficient (Wildman–Crippen LogP) is 0.670. The smallest absolute Gasteiger partial charge is 0.394 e. The summed E-state index contributed by atoms with van der Waals surface area (Å²) < 4.78 is 51.5. The van der Waals surface area contributed by atoms with Crippen LogP contribution in [0.25, 0.3) is 0 Å². The number of rotatable bonds is 16. The van der Waals surface area contributed by atoms with E-state index in [0.717, 1.165) is 19.6 Å². The van der Waals surface area contributed by atoms with E-state index in [2.05, 4.69) is 4.18 Å². The van der Waals surface area contributed by atoms with Crippen LogP contribution in [0.15, 0.2) is 0 Å². The molecule has 0 amide bonds. The van der Waals surface area contributed by atoms with E-state index in [1.165, 1.54) is 0 Å². The number of hydrogen-bond donors (Lipinski definition) is 3. The Morgan fingerprint density at radius 3 is 1.33 bits per heavy atom. The van der Waals surface area contributed by atoms with E-state index in [1.54, 1.807) is 0 Å². The number of ether oxygens (including phenoxy) is 4. The van der Waals surface area contributed by atoms with Crippen molar-refractivity contribution >= 4 is 10.4 Å². The van der Waals surface area contributed by atoms with E-state index in [0.29, 0.717) is 46.1 Å². The summed E-state index contributed by atoms with van der Waals surface area (Å²) in [6, 6.07) is 0. The fourth-order valence-electron chi connectivity index (χ4n) is 1.18. The van der Waals surface area contributed by atoms with E-state index in [9.17, 15) is 8.42 Å². The Kier molecular flexibility index (Phi) is 32.3. The van der Waals surface area contributed by atoms with Crippen molar-refractivity contribution in [3.05, 3.63) is 0 Å². The minimum Gasteiger partial charge on any atom is -0.394 e. The van der Waals surface area contributed by atoms with Gasteiger partial charge < -0.3 is 29.2 Å². The first-order chi connectivity index (χ1) is 12.9. The van der Waals surface area contributed by atoms with Crippen LogP contribution in [0.2, 0.25) is 0 Å². The van der Waals surface area contributed by atoms with Gasteiger partial charge in [0.05, 0.1) is 59.5 Å². The van der Waals surface area contributed by atoms with Gasteiger partial charge in [-0.2, -0.15) is 8.42 Å². The van der Waals surface area contributed by atoms with Crippen LogP contribution in [-0.2, 0) is 33.5 Å². The second-order valence-corrected chi connectivity index (χ2v) is 5.76. The van der Waals surface area contributed by atoms with Crippen LogP contribution < -0.4 is 0 Å². The van der Waals surface area contributed by atoms with Crippen molar-refractivity contribution in [1.82, 2.24) is 0 Å². The van der Waals surface area contributed by atoms with E-state index in [4.69, 9.17) is 33.7 Å². The third-order valence-corrected chi connectivity index (χ3v) is 2.82. The average molecular weight is 423 g/mol. The molecule has 10 nitrogen and oxygen atoms in total. The van der Waals surface area contributed by atoms with Gasteiger partial charge >= 0.3 is 10.4 Å². The Morgan fingerprint density at radius 2 is 1.07 bits per heavy atom. The van der Waals surface area contributed by atoms with Crippen molar-refractivity contribution in [2.75, 3.05) is 72.7 Å². The minimum absolute atomic E-state index is 0.0413. The summed E-state index contributed by atoms with van der Waals surface area (Å²) in [5, 5.41) is 16.7. The van der Waals surface area contributed by atoms with Crippen LogP contribution in [0.4, 0.5) is 0 Å². The van der Waals surface area contributed by atoms with Crippen molar-refractivity contribution in [3.8, 4) is 0 Å². The standard InChI is InChI=1S/C8H18O5.C4H10O4S.C4H10O/c9-1-3-11-5-7-13-8-6-12-4-2-10;1-2-3-4-8-9(5,6)7;1-3-5-4-2/h9-10H,1-8H2;2-4H2,1H3,(H,5,6,7);3-4H2,1-2H3. The van der Waals surface area contributed by atoms with E-state index in [1.807, 2.05) is 20.8 Å². The normalized spacial score (nSPS) is 10.6. The monoisotopic (exact) mass is 422 g/mol. The van der Waals surface area contributed by atoms with E-state index in [-0.39, 0.29) is 19.8 Å². The summed E-state index contributed by atoms with van der Waals surface area (Å²) in [6.45, 7) is 10.4. The molecule has 0 aromatic carbocycles. The molecule has 0 rings (SSSR count). The van der Waals surface area contributed by atoms with E-state index < -0.39 is 10.4 Å². The summed E-state index contributed by atoms with van der Waals surface area (Å²) >= 11 is 0. The average Bonchev–Trinajstić information content (AvgIpc) is 2.61. The first-order valence-corrected chi connectivity index (χ1v) is 10.4. The quantitative estimate of drug-likeness (QED) is 0.240. The Morgan fingerprint density at radius 1 is 0.667 bits per heavy atom. The summed E-state index contributed by atoms with van der Waals surface area (Å²) in [6.07, 6.45) is 1.48. The Hall–Kier alpha value is -0.370. The van der Waals surface area contributed by atoms with Gasteiger partial charge in [-0.1, -0.05) is 13.3 Å². The summed E-state index contributed by atoms with van der Waals surface area (Å²) in [5.41, 5.74) is 0. The predicted molar refractivity (Wildman–Crippen MR) is 101 cm³/mol. The first-order valence-electron chi connectivity index (χ1n) is 9.03. The van der Waals surface area contributed by atoms with Crippen LogP contribution in [0.1, 0.15) is 33.6 Å². The molecule has 0 saturated heterocycles. The van der Waals surface area contributed by atoms with E-state index >= 15 is 0 Å². The highest BCUT2D eigenvalue weighted by atomic mass is 32.3. The molecule has 11 heteroatoms. The molecule has 0 aromatic rings. The van der Waals surface area contributed by atoms with Gasteiger partial charge in [0.15, 0.2) is 0 Å². The van der Waals surface area contributed by atoms with Crippen molar-refractivity contribution in [2.45, 2.75) is 33.6 Å². The van der Waals surface area contributed by atoms with Crippen LogP contribution in [0, 0.1) is 0 Å². The molecule has 0 aliphatic heterocycles. The topological polar surface area (TPSA) is 141 Å². The molecule has 0 saturated carbocycles. The Balaban J connectivity index is -0.000000356. The molecule has 0 unspecified atom stereocenters. The molecule has 0 radical (unpaired) electrons. The van der Waals surface area contributed by atoms with Crippen LogP contribution in [0.3, 0.4) is 0 Å². The summed E-state index contributed by atoms with van der Waals surface area (Å²) in [7, 11) is -4.20. The zero-order valence-corrected chi connectivity index (χ0v) is 17.6. The zero-order chi connectivity index (χ0) is 21.2. The Bertz CT molecular complexity index is 326. The van der Waals surface area contributed by atoms with Gasteiger partial charge in [0.1, 0.15) is 0 Å². The molecule has 27 heavy (non-hydrogen) atoms. The molecule has 0 heterocycles. The van der Waals surface area contributed by atoms with Gasteiger partial charge in [-0.3, -0.25) is 4.55 Å². The maximum absolute atomic E-state index is 9.84. The number of hydrogen-bond acceptors (Lipinski definition) is 9. The molecule has 0 aliphatic rings. The number of aliphatic hydroxyl groups excluding tert-OH is 2. The van der Waals surface area contributed by atoms with Crippen molar-refractivity contribution in [3.63, 3.8) is 0 Å². The SMILES string of the molecule is CCCCOS(=O)(=O)O.CCOCC.OCCOCCOCCOCCO. The second-order valence-electron chi connectivity index (χ2n) is 4.67. The summed E-state index contributed by atoms with van der Waals surface area (Å²) in [5.74, 6) is 0. The van der Waals surface area contributed by atoms with Gasteiger partial charge in [0.2, 0.25) is 0 Å². The van der Waals surface area contributed by atoms with Gasteiger partial charge in [0.25, 0.3) is 0 Å². The molecule has 0 aromatic heterocycles. The molecule has 0 fully saturated rings. The molecule has 3 N–H and O–H groups in total. The molecular formula is C16H38O10S. The fraction of sp³-hybridized carbons (Fsp3) is 1.00. The van der Waals surface area contributed by atoms with Crippen LogP contribution in [-0.4, -0.2) is 95.9 Å². The minimum atomic E-state index is -4.20. The van der Waals surface area contributed by atoms with Crippen molar-refractivity contribution in [2.24, 2.45) is 0 Å². The number of unbranched alkanes of at least 4 members (excludes halogenated alkanes) is 1. The lowest BCUT2D eigenvalue weighted by Crippen LogP contribution is -2.11. The first kappa shape index (κ1) is 31.3. The highest BCUT2D eigenvalue weighted by Gasteiger charge is 2.01. The summed E-state index contributed by atoms with van der Waals surface area (Å²) in [4.78, 5) is 0.